The summed E-state index contributed by atoms with van der Waals surface area (Å²) in [6.45, 7) is 5.38. The van der Waals surface area contributed by atoms with Gasteiger partial charge in [0.15, 0.2) is 0 Å². The standard InChI is InChI=1S/C9H20O4.H3P/c1-8(11-3)6-12-7-9(2)13-5-4-10;/h8-10H,4-7H2,1-3H3;1H3/i;1D. The zero-order valence-electron chi connectivity index (χ0n) is 10.2. The van der Waals surface area contributed by atoms with Gasteiger partial charge in [-0.05, 0) is 13.8 Å². The van der Waals surface area contributed by atoms with E-state index in [-0.39, 0.29) is 18.8 Å². The predicted molar refractivity (Wildman–Crippen MR) is 60.9 cm³/mol. The molecule has 4 nitrogen and oxygen atoms in total. The van der Waals surface area contributed by atoms with Crippen molar-refractivity contribution in [2.75, 3.05) is 33.5 Å². The smallest absolute Gasteiger partial charge is 0.0781 e. The summed E-state index contributed by atoms with van der Waals surface area (Å²) in [6.07, 6.45) is 0.140. The van der Waals surface area contributed by atoms with Crippen molar-refractivity contribution in [1.29, 1.82) is 1.28 Å². The van der Waals surface area contributed by atoms with Crippen LogP contribution in [0.25, 0.3) is 0 Å². The Labute approximate surface area is 90.8 Å². The Bertz CT molecular complexity index is 118. The van der Waals surface area contributed by atoms with Crippen LogP contribution in [0, 0.1) is 0 Å². The van der Waals surface area contributed by atoms with Crippen LogP contribution in [-0.2, 0) is 14.2 Å². The van der Waals surface area contributed by atoms with Gasteiger partial charge in [-0.2, -0.15) is 9.84 Å². The normalized spacial score (nSPS) is 15.1. The van der Waals surface area contributed by atoms with Crippen molar-refractivity contribution in [1.82, 2.24) is 0 Å². The van der Waals surface area contributed by atoms with Crippen molar-refractivity contribution >= 4 is 9.84 Å². The van der Waals surface area contributed by atoms with E-state index in [9.17, 15) is 0 Å². The molecule has 0 aliphatic heterocycles. The molecule has 0 fully saturated rings. The molecule has 88 valence electrons. The lowest BCUT2D eigenvalue weighted by Gasteiger charge is -2.14. The molecule has 0 rings (SSSR count). The van der Waals surface area contributed by atoms with Gasteiger partial charge in [0.2, 0.25) is 0 Å². The van der Waals surface area contributed by atoms with E-state index in [1.807, 2.05) is 13.8 Å². The summed E-state index contributed by atoms with van der Waals surface area (Å²) in [5, 5.41) is 8.48. The Morgan fingerprint density at radius 1 is 1.29 bits per heavy atom. The molecular formula is C9H23O4P. The monoisotopic (exact) mass is 227 g/mol. The minimum absolute atomic E-state index is 0.0243. The highest BCUT2D eigenvalue weighted by Crippen LogP contribution is 1.94. The Morgan fingerprint density at radius 3 is 2.36 bits per heavy atom. The first kappa shape index (κ1) is 14.3. The minimum Gasteiger partial charge on any atom is -0.394 e. The van der Waals surface area contributed by atoms with Crippen molar-refractivity contribution < 1.29 is 19.3 Å². The number of aliphatic hydroxyl groups is 1. The summed E-state index contributed by atoms with van der Waals surface area (Å²) in [6, 6.07) is 0. The maximum atomic E-state index is 8.48. The van der Waals surface area contributed by atoms with Crippen LogP contribution in [0.1, 0.15) is 13.8 Å². The highest BCUT2D eigenvalue weighted by Gasteiger charge is 2.03. The number of aliphatic hydroxyl groups excluding tert-OH is 1. The van der Waals surface area contributed by atoms with Crippen LogP contribution in [0.3, 0.4) is 0 Å². The summed E-state index contributed by atoms with van der Waals surface area (Å²) < 4.78 is 21.2. The molecule has 14 heavy (non-hydrogen) atoms. The first-order valence-electron chi connectivity index (χ1n) is 5.11. The fraction of sp³-hybridized carbons (Fsp3) is 1.00. The SMILES string of the molecule is COC(C)COCC(C)OCCO.[2H]P. The van der Waals surface area contributed by atoms with Crippen LogP contribution in [-0.4, -0.2) is 52.1 Å². The molecule has 0 aliphatic carbocycles. The summed E-state index contributed by atoms with van der Waals surface area (Å²) in [5.41, 5.74) is 0. The lowest BCUT2D eigenvalue weighted by molar-refractivity contribution is -0.0430. The van der Waals surface area contributed by atoms with E-state index in [1.54, 1.807) is 17.0 Å². The zero-order valence-corrected chi connectivity index (χ0v) is 10.4. The van der Waals surface area contributed by atoms with Crippen molar-refractivity contribution in [3.63, 3.8) is 0 Å². The van der Waals surface area contributed by atoms with Crippen LogP contribution < -0.4 is 0 Å². The second-order valence-electron chi connectivity index (χ2n) is 2.99. The van der Waals surface area contributed by atoms with Gasteiger partial charge in [0, 0.05) is 7.11 Å². The van der Waals surface area contributed by atoms with Gasteiger partial charge in [0.1, 0.15) is 0 Å². The van der Waals surface area contributed by atoms with Crippen molar-refractivity contribution in [2.45, 2.75) is 26.1 Å². The Balaban J connectivity index is 0. The molecule has 0 bridgehead atoms. The van der Waals surface area contributed by atoms with Gasteiger partial charge in [-0.15, -0.1) is 0 Å². The van der Waals surface area contributed by atoms with Crippen LogP contribution >= 0.6 is 9.84 Å². The molecule has 1 N–H and O–H groups in total. The number of rotatable bonds is 8. The molecule has 0 saturated heterocycles. The van der Waals surface area contributed by atoms with Gasteiger partial charge in [0.05, 0.1) is 39.9 Å². The van der Waals surface area contributed by atoms with Crippen LogP contribution in [0.5, 0.6) is 0 Å². The van der Waals surface area contributed by atoms with Gasteiger partial charge in [-0.3, -0.25) is 0 Å². The third kappa shape index (κ3) is 10.4. The molecule has 0 saturated carbocycles. The predicted octanol–water partition coefficient (Wildman–Crippen LogP) is 0.493. The molecular weight excluding hydrogens is 203 g/mol. The quantitative estimate of drug-likeness (QED) is 0.613. The number of hydrogen-bond donors (Lipinski definition) is 1. The van der Waals surface area contributed by atoms with Gasteiger partial charge in [-0.25, -0.2) is 0 Å². The van der Waals surface area contributed by atoms with Crippen molar-refractivity contribution in [3.8, 4) is 0 Å². The molecule has 0 radical (unpaired) electrons. The maximum Gasteiger partial charge on any atom is 0.0781 e. The minimum atomic E-state index is 0.0243. The summed E-state index contributed by atoms with van der Waals surface area (Å²) in [4.78, 5) is 0. The third-order valence-electron chi connectivity index (χ3n) is 1.60. The largest absolute Gasteiger partial charge is 0.394 e. The molecule has 0 aliphatic rings. The van der Waals surface area contributed by atoms with E-state index >= 15 is 0 Å². The van der Waals surface area contributed by atoms with Gasteiger partial charge in [-0.1, -0.05) is 0 Å². The topological polar surface area (TPSA) is 47.9 Å². The first-order chi connectivity index (χ1) is 7.20. The maximum absolute atomic E-state index is 8.48. The summed E-state index contributed by atoms with van der Waals surface area (Å²) in [7, 11) is 3.32. The van der Waals surface area contributed by atoms with E-state index in [1.165, 1.54) is 0 Å². The second-order valence-corrected chi connectivity index (χ2v) is 2.99. The average molecular weight is 227 g/mol. The highest BCUT2D eigenvalue weighted by atomic mass is 31.0. The number of hydrogen-bond acceptors (Lipinski definition) is 4. The van der Waals surface area contributed by atoms with E-state index < -0.39 is 0 Å². The molecule has 3 atom stereocenters. The second kappa shape index (κ2) is 11.3. The van der Waals surface area contributed by atoms with Crippen LogP contribution in [0.15, 0.2) is 0 Å². The van der Waals surface area contributed by atoms with E-state index in [2.05, 4.69) is 0 Å². The van der Waals surface area contributed by atoms with Crippen molar-refractivity contribution in [3.05, 3.63) is 0 Å². The van der Waals surface area contributed by atoms with Crippen LogP contribution in [0.4, 0.5) is 0 Å². The van der Waals surface area contributed by atoms with Crippen LogP contribution in [0.2, 0.25) is 0 Å². The molecule has 0 aromatic heterocycles. The molecule has 0 amide bonds. The summed E-state index contributed by atoms with van der Waals surface area (Å²) >= 11 is 0. The zero-order chi connectivity index (χ0) is 12.1. The molecule has 3 unspecified atom stereocenters. The lowest BCUT2D eigenvalue weighted by Crippen LogP contribution is -2.22. The fourth-order valence-corrected chi connectivity index (χ4v) is 0.770. The average Bonchev–Trinajstić information content (AvgIpc) is 2.28. The summed E-state index contributed by atoms with van der Waals surface area (Å²) in [5.74, 6) is 0. The molecule has 0 spiro atoms. The number of methoxy groups -OCH3 is 1. The Morgan fingerprint density at radius 2 is 1.86 bits per heavy atom. The Kier molecular flexibility index (Phi) is 11.6. The van der Waals surface area contributed by atoms with Gasteiger partial charge >= 0.3 is 0 Å². The van der Waals surface area contributed by atoms with Gasteiger partial charge < -0.3 is 19.3 Å². The van der Waals surface area contributed by atoms with Crippen molar-refractivity contribution in [2.24, 2.45) is 0 Å². The van der Waals surface area contributed by atoms with E-state index in [0.717, 1.165) is 0 Å². The molecule has 0 heterocycles. The van der Waals surface area contributed by atoms with E-state index in [4.69, 9.17) is 20.6 Å². The fourth-order valence-electron chi connectivity index (χ4n) is 0.770. The highest BCUT2D eigenvalue weighted by molar-refractivity contribution is 6.92. The first-order valence-corrected chi connectivity index (χ1v) is 4.53. The lowest BCUT2D eigenvalue weighted by atomic mass is 10.4. The van der Waals surface area contributed by atoms with E-state index in [0.29, 0.717) is 19.8 Å². The van der Waals surface area contributed by atoms with Gasteiger partial charge in [0.25, 0.3) is 0 Å². The number of ether oxygens (including phenoxy) is 3. The molecule has 0 aromatic rings. The molecule has 0 aromatic carbocycles. The molecule has 5 heteroatoms. The Hall–Kier alpha value is 0.270. The third-order valence-corrected chi connectivity index (χ3v) is 1.60.